The van der Waals surface area contributed by atoms with E-state index in [0.717, 1.165) is 34.5 Å². The van der Waals surface area contributed by atoms with Gasteiger partial charge in [0.1, 0.15) is 11.7 Å². The van der Waals surface area contributed by atoms with Gasteiger partial charge in [0.15, 0.2) is 5.82 Å². The maximum Gasteiger partial charge on any atom is 0.163 e. The number of nitrogens with one attached hydrogen (secondary N) is 1. The average Bonchev–Trinajstić information content (AvgIpc) is 3.01. The third-order valence-electron chi connectivity index (χ3n) is 4.54. The van der Waals surface area contributed by atoms with E-state index in [-0.39, 0.29) is 6.04 Å². The SMILES string of the molecule is CCC1N=C(Nc2nc(-c3ccccc3Cl)nc3ccccc23)C=C1C. The minimum atomic E-state index is 0.244. The summed E-state index contributed by atoms with van der Waals surface area (Å²) in [6.07, 6.45) is 3.07. The number of benzene rings is 2. The fraction of sp³-hybridized carbons (Fsp3) is 0.190. The largest absolute Gasteiger partial charge is 0.325 e. The number of aromatic nitrogens is 2. The Balaban J connectivity index is 1.82. The van der Waals surface area contributed by atoms with Crippen LogP contribution < -0.4 is 5.32 Å². The van der Waals surface area contributed by atoms with Gasteiger partial charge in [0.05, 0.1) is 16.6 Å². The number of amidine groups is 1. The highest BCUT2D eigenvalue weighted by molar-refractivity contribution is 6.33. The summed E-state index contributed by atoms with van der Waals surface area (Å²) in [7, 11) is 0. The van der Waals surface area contributed by atoms with Gasteiger partial charge in [0.2, 0.25) is 0 Å². The summed E-state index contributed by atoms with van der Waals surface area (Å²) in [5, 5.41) is 4.98. The van der Waals surface area contributed by atoms with Crippen molar-refractivity contribution in [2.24, 2.45) is 4.99 Å². The molecule has 3 aromatic rings. The second kappa shape index (κ2) is 6.89. The van der Waals surface area contributed by atoms with Crippen molar-refractivity contribution in [2.75, 3.05) is 5.32 Å². The molecule has 0 amide bonds. The minimum absolute atomic E-state index is 0.244. The van der Waals surface area contributed by atoms with Crippen LogP contribution in [0.15, 0.2) is 65.2 Å². The molecule has 0 saturated heterocycles. The molecule has 26 heavy (non-hydrogen) atoms. The van der Waals surface area contributed by atoms with Crippen LogP contribution in [0.2, 0.25) is 5.02 Å². The summed E-state index contributed by atoms with van der Waals surface area (Å²) in [4.78, 5) is 14.2. The van der Waals surface area contributed by atoms with Crippen LogP contribution in [0.1, 0.15) is 20.3 Å². The van der Waals surface area contributed by atoms with Crippen molar-refractivity contribution >= 4 is 34.2 Å². The smallest absolute Gasteiger partial charge is 0.163 e. The molecular weight excluding hydrogens is 344 g/mol. The zero-order chi connectivity index (χ0) is 18.1. The molecule has 5 heteroatoms. The Morgan fingerprint density at radius 3 is 2.58 bits per heavy atom. The van der Waals surface area contributed by atoms with Crippen molar-refractivity contribution in [3.63, 3.8) is 0 Å². The molecule has 2 aromatic carbocycles. The lowest BCUT2D eigenvalue weighted by Crippen LogP contribution is -2.11. The molecule has 1 unspecified atom stereocenters. The summed E-state index contributed by atoms with van der Waals surface area (Å²) in [6, 6.07) is 15.8. The van der Waals surface area contributed by atoms with Gasteiger partial charge in [-0.15, -0.1) is 0 Å². The summed E-state index contributed by atoms with van der Waals surface area (Å²) >= 11 is 6.36. The van der Waals surface area contributed by atoms with E-state index in [0.29, 0.717) is 10.8 Å². The van der Waals surface area contributed by atoms with Gasteiger partial charge in [-0.05, 0) is 49.3 Å². The molecule has 0 bridgehead atoms. The monoisotopic (exact) mass is 362 g/mol. The number of para-hydroxylation sites is 1. The van der Waals surface area contributed by atoms with Gasteiger partial charge in [0.25, 0.3) is 0 Å². The third-order valence-corrected chi connectivity index (χ3v) is 4.87. The standard InChI is InChI=1S/C21H19ClN4/c1-3-17-13(2)12-19(23-17)25-21-15-9-5-7-11-18(15)24-20(26-21)14-8-4-6-10-16(14)22/h4-12,17H,3H2,1-2H3,(H,23,24,25,26). The topological polar surface area (TPSA) is 50.2 Å². The molecule has 1 N–H and O–H groups in total. The van der Waals surface area contributed by atoms with Crippen LogP contribution >= 0.6 is 11.6 Å². The molecule has 0 fully saturated rings. The highest BCUT2D eigenvalue weighted by atomic mass is 35.5. The highest BCUT2D eigenvalue weighted by Gasteiger charge is 2.17. The van der Waals surface area contributed by atoms with E-state index in [1.54, 1.807) is 0 Å². The number of halogens is 1. The number of fused-ring (bicyclic) bond motifs is 1. The molecule has 0 radical (unpaired) electrons. The Bertz CT molecular complexity index is 1040. The van der Waals surface area contributed by atoms with Crippen LogP contribution in [0, 0.1) is 0 Å². The lowest BCUT2D eigenvalue weighted by Gasteiger charge is -2.11. The first kappa shape index (κ1) is 16.7. The van der Waals surface area contributed by atoms with Crippen LogP contribution in [0.3, 0.4) is 0 Å². The molecular formula is C21H19ClN4. The maximum atomic E-state index is 6.36. The van der Waals surface area contributed by atoms with Crippen LogP contribution in [0.25, 0.3) is 22.3 Å². The zero-order valence-electron chi connectivity index (χ0n) is 14.7. The van der Waals surface area contributed by atoms with Gasteiger partial charge in [0, 0.05) is 10.9 Å². The van der Waals surface area contributed by atoms with Gasteiger partial charge in [-0.3, -0.25) is 4.99 Å². The van der Waals surface area contributed by atoms with Gasteiger partial charge < -0.3 is 5.32 Å². The van der Waals surface area contributed by atoms with Crippen LogP contribution in [-0.2, 0) is 0 Å². The molecule has 1 atom stereocenters. The number of aliphatic imine (C=N–C) groups is 1. The Labute approximate surface area is 157 Å². The normalized spacial score (nSPS) is 16.5. The summed E-state index contributed by atoms with van der Waals surface area (Å²) < 4.78 is 0. The van der Waals surface area contributed by atoms with E-state index in [1.807, 2.05) is 48.5 Å². The fourth-order valence-electron chi connectivity index (χ4n) is 3.16. The fourth-order valence-corrected chi connectivity index (χ4v) is 3.38. The number of nitrogens with zero attached hydrogens (tertiary/aromatic N) is 3. The van der Waals surface area contributed by atoms with Crippen molar-refractivity contribution in [2.45, 2.75) is 26.3 Å². The van der Waals surface area contributed by atoms with E-state index >= 15 is 0 Å². The Morgan fingerprint density at radius 1 is 1.04 bits per heavy atom. The molecule has 1 aromatic heterocycles. The summed E-state index contributed by atoms with van der Waals surface area (Å²) in [6.45, 7) is 4.25. The number of hydrogen-bond acceptors (Lipinski definition) is 4. The molecule has 0 spiro atoms. The van der Waals surface area contributed by atoms with E-state index < -0.39 is 0 Å². The average molecular weight is 363 g/mol. The van der Waals surface area contributed by atoms with Crippen molar-refractivity contribution < 1.29 is 0 Å². The van der Waals surface area contributed by atoms with Gasteiger partial charge in [-0.25, -0.2) is 9.97 Å². The molecule has 130 valence electrons. The predicted octanol–water partition coefficient (Wildman–Crippen LogP) is 5.50. The lowest BCUT2D eigenvalue weighted by atomic mass is 10.1. The number of rotatable bonds is 3. The van der Waals surface area contributed by atoms with Crippen LogP contribution in [0.5, 0.6) is 0 Å². The summed E-state index contributed by atoms with van der Waals surface area (Å²) in [5.41, 5.74) is 2.94. The predicted molar refractivity (Wildman–Crippen MR) is 109 cm³/mol. The Kier molecular flexibility index (Phi) is 4.43. The molecule has 2 heterocycles. The van der Waals surface area contributed by atoms with E-state index in [4.69, 9.17) is 26.6 Å². The highest BCUT2D eigenvalue weighted by Crippen LogP contribution is 2.29. The lowest BCUT2D eigenvalue weighted by molar-refractivity contribution is 0.756. The minimum Gasteiger partial charge on any atom is -0.325 e. The zero-order valence-corrected chi connectivity index (χ0v) is 15.5. The van der Waals surface area contributed by atoms with E-state index in [1.165, 1.54) is 5.57 Å². The van der Waals surface area contributed by atoms with Crippen molar-refractivity contribution in [3.8, 4) is 11.4 Å². The van der Waals surface area contributed by atoms with Crippen LogP contribution in [-0.4, -0.2) is 21.8 Å². The first-order valence-corrected chi connectivity index (χ1v) is 9.08. The van der Waals surface area contributed by atoms with E-state index in [9.17, 15) is 0 Å². The number of anilines is 1. The van der Waals surface area contributed by atoms with E-state index in [2.05, 4.69) is 25.2 Å². The molecule has 4 nitrogen and oxygen atoms in total. The first-order chi connectivity index (χ1) is 12.7. The van der Waals surface area contributed by atoms with Gasteiger partial charge in [-0.2, -0.15) is 0 Å². The Hall–Kier alpha value is -2.72. The number of hydrogen-bond donors (Lipinski definition) is 1. The third kappa shape index (κ3) is 3.08. The van der Waals surface area contributed by atoms with Gasteiger partial charge in [-0.1, -0.05) is 42.8 Å². The van der Waals surface area contributed by atoms with Gasteiger partial charge >= 0.3 is 0 Å². The molecule has 0 saturated carbocycles. The maximum absolute atomic E-state index is 6.36. The molecule has 0 aliphatic carbocycles. The summed E-state index contributed by atoms with van der Waals surface area (Å²) in [5.74, 6) is 2.18. The van der Waals surface area contributed by atoms with Crippen LogP contribution in [0.4, 0.5) is 5.82 Å². The molecule has 4 rings (SSSR count). The quantitative estimate of drug-likeness (QED) is 0.669. The molecule has 1 aliphatic rings. The Morgan fingerprint density at radius 2 is 1.81 bits per heavy atom. The first-order valence-electron chi connectivity index (χ1n) is 8.70. The van der Waals surface area contributed by atoms with Crippen molar-refractivity contribution in [3.05, 3.63) is 65.2 Å². The second-order valence-corrected chi connectivity index (χ2v) is 6.75. The molecule has 1 aliphatic heterocycles. The van der Waals surface area contributed by atoms with Crippen molar-refractivity contribution in [1.82, 2.24) is 9.97 Å². The van der Waals surface area contributed by atoms with Crippen molar-refractivity contribution in [1.29, 1.82) is 0 Å². The second-order valence-electron chi connectivity index (χ2n) is 6.34.